The van der Waals surface area contributed by atoms with E-state index in [0.29, 0.717) is 12.5 Å². The molecule has 0 aromatic heterocycles. The van der Waals surface area contributed by atoms with Gasteiger partial charge in [-0.2, -0.15) is 0 Å². The Morgan fingerprint density at radius 3 is 2.73 bits per heavy atom. The molecule has 138 valence electrons. The van der Waals surface area contributed by atoms with E-state index in [1.54, 1.807) is 7.11 Å². The zero-order valence-corrected chi connectivity index (χ0v) is 15.7. The molecule has 1 aliphatic rings. The van der Waals surface area contributed by atoms with Crippen LogP contribution < -0.4 is 10.2 Å². The van der Waals surface area contributed by atoms with Gasteiger partial charge in [-0.05, 0) is 55.5 Å². The summed E-state index contributed by atoms with van der Waals surface area (Å²) in [7, 11) is 1.72. The summed E-state index contributed by atoms with van der Waals surface area (Å²) in [5, 5.41) is 3.46. The van der Waals surface area contributed by atoms with E-state index in [0.717, 1.165) is 49.4 Å². The molecule has 1 heterocycles. The number of carbonyl (C=O) groups excluding carboxylic acids is 1. The Hall–Kier alpha value is -2.33. The van der Waals surface area contributed by atoms with Gasteiger partial charge in [0.2, 0.25) is 5.91 Å². The number of benzene rings is 2. The molecule has 0 radical (unpaired) electrons. The molecule has 0 saturated heterocycles. The summed E-state index contributed by atoms with van der Waals surface area (Å²) in [6.45, 7) is 3.70. The van der Waals surface area contributed by atoms with Crippen molar-refractivity contribution in [3.8, 4) is 0 Å². The summed E-state index contributed by atoms with van der Waals surface area (Å²) in [4.78, 5) is 14.7. The molecule has 0 fully saturated rings. The summed E-state index contributed by atoms with van der Waals surface area (Å²) < 4.78 is 5.11. The number of nitrogens with one attached hydrogen (secondary N) is 1. The highest BCUT2D eigenvalue weighted by Gasteiger charge is 2.22. The van der Waals surface area contributed by atoms with Gasteiger partial charge in [0.15, 0.2) is 0 Å². The number of aryl methyl sites for hydroxylation is 1. The first-order valence-electron chi connectivity index (χ1n) is 9.40. The Kier molecular flexibility index (Phi) is 6.29. The summed E-state index contributed by atoms with van der Waals surface area (Å²) >= 11 is 0. The van der Waals surface area contributed by atoms with Crippen LogP contribution in [0.1, 0.15) is 30.9 Å². The number of ether oxygens (including phenoxy) is 1. The predicted molar refractivity (Wildman–Crippen MR) is 107 cm³/mol. The normalized spacial score (nSPS) is 14.6. The molecule has 2 aromatic rings. The fourth-order valence-corrected chi connectivity index (χ4v) is 3.43. The largest absolute Gasteiger partial charge is 0.385 e. The molecule has 3 rings (SSSR count). The van der Waals surface area contributed by atoms with Gasteiger partial charge in [0.25, 0.3) is 0 Å². The highest BCUT2D eigenvalue weighted by molar-refractivity contribution is 5.95. The van der Waals surface area contributed by atoms with Crippen LogP contribution in [-0.4, -0.2) is 32.2 Å². The number of nitrogens with zero attached hydrogens (tertiary/aromatic N) is 1. The van der Waals surface area contributed by atoms with Gasteiger partial charge in [0.05, 0.1) is 6.42 Å². The van der Waals surface area contributed by atoms with Crippen LogP contribution in [0.15, 0.2) is 48.5 Å². The molecule has 0 saturated carbocycles. The molecular weight excluding hydrogens is 324 g/mol. The number of para-hydroxylation sites is 1. The average Bonchev–Trinajstić information content (AvgIpc) is 2.67. The minimum Gasteiger partial charge on any atom is -0.385 e. The maximum Gasteiger partial charge on any atom is 0.231 e. The smallest absolute Gasteiger partial charge is 0.231 e. The first-order valence-corrected chi connectivity index (χ1v) is 9.40. The third-order valence-electron chi connectivity index (χ3n) is 4.89. The highest BCUT2D eigenvalue weighted by atomic mass is 16.5. The van der Waals surface area contributed by atoms with E-state index in [9.17, 15) is 4.79 Å². The molecule has 26 heavy (non-hydrogen) atoms. The zero-order chi connectivity index (χ0) is 18.4. The van der Waals surface area contributed by atoms with E-state index in [-0.39, 0.29) is 5.91 Å². The van der Waals surface area contributed by atoms with E-state index in [1.165, 1.54) is 5.56 Å². The van der Waals surface area contributed by atoms with Crippen LogP contribution in [0.5, 0.6) is 0 Å². The topological polar surface area (TPSA) is 41.6 Å². The lowest BCUT2D eigenvalue weighted by Crippen LogP contribution is -2.36. The number of hydrogen-bond donors (Lipinski definition) is 1. The Bertz CT molecular complexity index is 727. The minimum absolute atomic E-state index is 0.173. The van der Waals surface area contributed by atoms with Crippen molar-refractivity contribution in [1.82, 2.24) is 0 Å². The first-order chi connectivity index (χ1) is 12.7. The van der Waals surface area contributed by atoms with Crippen molar-refractivity contribution in [3.63, 3.8) is 0 Å². The van der Waals surface area contributed by atoms with Crippen LogP contribution >= 0.6 is 0 Å². The van der Waals surface area contributed by atoms with Crippen LogP contribution in [0, 0.1) is 0 Å². The highest BCUT2D eigenvalue weighted by Crippen LogP contribution is 2.27. The van der Waals surface area contributed by atoms with E-state index >= 15 is 0 Å². The van der Waals surface area contributed by atoms with Crippen LogP contribution in [0.3, 0.4) is 0 Å². The van der Waals surface area contributed by atoms with Crippen molar-refractivity contribution in [2.45, 2.75) is 38.6 Å². The number of anilines is 2. The Labute approximate surface area is 156 Å². The molecule has 0 aliphatic carbocycles. The van der Waals surface area contributed by atoms with E-state index in [2.05, 4.69) is 36.5 Å². The second-order valence-electron chi connectivity index (χ2n) is 6.98. The molecule has 0 bridgehead atoms. The Morgan fingerprint density at radius 1 is 1.19 bits per heavy atom. The van der Waals surface area contributed by atoms with Crippen LogP contribution in [0.25, 0.3) is 0 Å². The number of fused-ring (bicyclic) bond motifs is 1. The molecule has 0 spiro atoms. The van der Waals surface area contributed by atoms with Gasteiger partial charge in [0.1, 0.15) is 0 Å². The molecule has 1 unspecified atom stereocenters. The van der Waals surface area contributed by atoms with Crippen molar-refractivity contribution >= 4 is 17.3 Å². The van der Waals surface area contributed by atoms with Crippen molar-refractivity contribution < 1.29 is 9.53 Å². The number of amides is 1. The lowest BCUT2D eigenvalue weighted by molar-refractivity contribution is -0.118. The molecule has 1 atom stereocenters. The first kappa shape index (κ1) is 18.5. The average molecular weight is 352 g/mol. The number of hydrogen-bond acceptors (Lipinski definition) is 3. The predicted octanol–water partition coefficient (Wildman–Crippen LogP) is 4.05. The standard InChI is InChI=1S/C22H28N2O2/c1-17(13-15-26-2)23-20-11-9-18(10-12-20)16-22(25)24-14-5-7-19-6-3-4-8-21(19)24/h3-4,6,8-12,17,23H,5,7,13-16H2,1-2H3. The third-order valence-corrected chi connectivity index (χ3v) is 4.89. The van der Waals surface area contributed by atoms with E-state index < -0.39 is 0 Å². The molecular formula is C22H28N2O2. The molecule has 1 amide bonds. The quantitative estimate of drug-likeness (QED) is 0.817. The van der Waals surface area contributed by atoms with Gasteiger partial charge in [-0.3, -0.25) is 4.79 Å². The summed E-state index contributed by atoms with van der Waals surface area (Å²) in [5.41, 5.74) is 4.48. The molecule has 1 aliphatic heterocycles. The molecule has 2 aromatic carbocycles. The molecule has 4 heteroatoms. The maximum absolute atomic E-state index is 12.8. The number of rotatable bonds is 7. The van der Waals surface area contributed by atoms with Crippen molar-refractivity contribution in [2.24, 2.45) is 0 Å². The Balaban J connectivity index is 1.60. The monoisotopic (exact) mass is 352 g/mol. The third kappa shape index (κ3) is 4.64. The van der Waals surface area contributed by atoms with Crippen LogP contribution in [0.2, 0.25) is 0 Å². The van der Waals surface area contributed by atoms with Gasteiger partial charge >= 0.3 is 0 Å². The summed E-state index contributed by atoms with van der Waals surface area (Å²) in [5.74, 6) is 0.173. The lowest BCUT2D eigenvalue weighted by atomic mass is 10.0. The van der Waals surface area contributed by atoms with Crippen LogP contribution in [0.4, 0.5) is 11.4 Å². The van der Waals surface area contributed by atoms with Gasteiger partial charge in [-0.25, -0.2) is 0 Å². The second-order valence-corrected chi connectivity index (χ2v) is 6.98. The zero-order valence-electron chi connectivity index (χ0n) is 15.7. The number of methoxy groups -OCH3 is 1. The molecule has 4 nitrogen and oxygen atoms in total. The molecule has 1 N–H and O–H groups in total. The van der Waals surface area contributed by atoms with Crippen LogP contribution in [-0.2, 0) is 22.4 Å². The summed E-state index contributed by atoms with van der Waals surface area (Å²) in [6, 6.07) is 16.8. The van der Waals surface area contributed by atoms with Gasteiger partial charge in [-0.1, -0.05) is 30.3 Å². The van der Waals surface area contributed by atoms with E-state index in [1.807, 2.05) is 29.2 Å². The van der Waals surface area contributed by atoms with Crippen molar-refractivity contribution in [2.75, 3.05) is 30.5 Å². The van der Waals surface area contributed by atoms with Gasteiger partial charge in [0, 0.05) is 37.7 Å². The fourth-order valence-electron chi connectivity index (χ4n) is 3.43. The van der Waals surface area contributed by atoms with Crippen molar-refractivity contribution in [3.05, 3.63) is 59.7 Å². The maximum atomic E-state index is 12.8. The minimum atomic E-state index is 0.173. The van der Waals surface area contributed by atoms with Gasteiger partial charge < -0.3 is 15.0 Å². The lowest BCUT2D eigenvalue weighted by Gasteiger charge is -2.29. The fraction of sp³-hybridized carbons (Fsp3) is 0.409. The number of carbonyl (C=O) groups is 1. The SMILES string of the molecule is COCCC(C)Nc1ccc(CC(=O)N2CCCc3ccccc32)cc1. The Morgan fingerprint density at radius 2 is 1.96 bits per heavy atom. The van der Waals surface area contributed by atoms with E-state index in [4.69, 9.17) is 4.74 Å². The van der Waals surface area contributed by atoms with Gasteiger partial charge in [-0.15, -0.1) is 0 Å². The van der Waals surface area contributed by atoms with Crippen molar-refractivity contribution in [1.29, 1.82) is 0 Å². The second kappa shape index (κ2) is 8.86. The summed E-state index contributed by atoms with van der Waals surface area (Å²) in [6.07, 6.45) is 3.49.